The van der Waals surface area contributed by atoms with Crippen LogP contribution in [0.3, 0.4) is 0 Å². The normalized spacial score (nSPS) is 10.6. The van der Waals surface area contributed by atoms with Gasteiger partial charge < -0.3 is 5.32 Å². The summed E-state index contributed by atoms with van der Waals surface area (Å²) in [7, 11) is 0. The average Bonchev–Trinajstić information content (AvgIpc) is 2.66. The van der Waals surface area contributed by atoms with Crippen molar-refractivity contribution < 1.29 is 4.79 Å². The van der Waals surface area contributed by atoms with Crippen LogP contribution in [-0.4, -0.2) is 15.7 Å². The molecular formula is C21H20ClN3O2. The maximum atomic E-state index is 12.1. The van der Waals surface area contributed by atoms with E-state index in [0.717, 1.165) is 16.8 Å². The zero-order chi connectivity index (χ0) is 19.2. The van der Waals surface area contributed by atoms with E-state index in [2.05, 4.69) is 10.4 Å². The molecule has 1 N–H and O–H groups in total. The first-order chi connectivity index (χ1) is 13.0. The van der Waals surface area contributed by atoms with Crippen LogP contribution in [0.1, 0.15) is 18.4 Å². The number of nitrogens with zero attached hydrogens (tertiary/aromatic N) is 2. The molecule has 0 spiro atoms. The van der Waals surface area contributed by atoms with E-state index in [1.54, 1.807) is 18.2 Å². The van der Waals surface area contributed by atoms with Gasteiger partial charge in [-0.05, 0) is 43.2 Å². The van der Waals surface area contributed by atoms with E-state index in [1.807, 2.05) is 43.3 Å². The highest BCUT2D eigenvalue weighted by Gasteiger charge is 2.07. The Labute approximate surface area is 162 Å². The number of hydrogen-bond donors (Lipinski definition) is 1. The highest BCUT2D eigenvalue weighted by molar-refractivity contribution is 6.30. The van der Waals surface area contributed by atoms with Gasteiger partial charge in [-0.25, -0.2) is 4.68 Å². The molecule has 0 aliphatic rings. The van der Waals surface area contributed by atoms with Crippen molar-refractivity contribution >= 4 is 23.2 Å². The zero-order valence-electron chi connectivity index (χ0n) is 15.0. The Balaban J connectivity index is 1.61. The molecule has 0 bridgehead atoms. The Morgan fingerprint density at radius 3 is 2.56 bits per heavy atom. The molecule has 0 atom stereocenters. The fourth-order valence-electron chi connectivity index (χ4n) is 2.70. The molecule has 6 heteroatoms. The third-order valence-corrected chi connectivity index (χ3v) is 4.45. The van der Waals surface area contributed by atoms with Crippen molar-refractivity contribution in [3.05, 3.63) is 81.6 Å². The first kappa shape index (κ1) is 18.9. The van der Waals surface area contributed by atoms with Crippen molar-refractivity contribution in [2.45, 2.75) is 26.3 Å². The third-order valence-electron chi connectivity index (χ3n) is 4.20. The zero-order valence-corrected chi connectivity index (χ0v) is 15.7. The summed E-state index contributed by atoms with van der Waals surface area (Å²) >= 11 is 5.91. The highest BCUT2D eigenvalue weighted by Crippen LogP contribution is 2.18. The maximum Gasteiger partial charge on any atom is 0.266 e. The molecular weight excluding hydrogens is 362 g/mol. The van der Waals surface area contributed by atoms with Crippen LogP contribution in [0.4, 0.5) is 5.69 Å². The van der Waals surface area contributed by atoms with E-state index >= 15 is 0 Å². The number of rotatable bonds is 6. The molecule has 1 aromatic heterocycles. The Bertz CT molecular complexity index is 997. The van der Waals surface area contributed by atoms with Crippen molar-refractivity contribution in [3.63, 3.8) is 0 Å². The molecule has 5 nitrogen and oxygen atoms in total. The predicted octanol–water partition coefficient (Wildman–Crippen LogP) is 4.29. The van der Waals surface area contributed by atoms with Gasteiger partial charge >= 0.3 is 0 Å². The predicted molar refractivity (Wildman–Crippen MR) is 108 cm³/mol. The van der Waals surface area contributed by atoms with Crippen molar-refractivity contribution in [2.24, 2.45) is 0 Å². The van der Waals surface area contributed by atoms with Gasteiger partial charge in [0.1, 0.15) is 0 Å². The van der Waals surface area contributed by atoms with Crippen LogP contribution in [-0.2, 0) is 11.3 Å². The summed E-state index contributed by atoms with van der Waals surface area (Å²) < 4.78 is 1.39. The van der Waals surface area contributed by atoms with Gasteiger partial charge in [0.2, 0.25) is 5.91 Å². The number of aromatic nitrogens is 2. The molecule has 27 heavy (non-hydrogen) atoms. The number of nitrogens with one attached hydrogen (secondary N) is 1. The van der Waals surface area contributed by atoms with Gasteiger partial charge in [-0.1, -0.05) is 41.9 Å². The number of anilines is 1. The number of carbonyl (C=O) groups excluding carboxylic acids is 1. The molecule has 2 aromatic carbocycles. The smallest absolute Gasteiger partial charge is 0.266 e. The summed E-state index contributed by atoms with van der Waals surface area (Å²) in [6.07, 6.45) is 0.836. The quantitative estimate of drug-likeness (QED) is 0.692. The molecule has 0 unspecified atom stereocenters. The summed E-state index contributed by atoms with van der Waals surface area (Å²) in [6.45, 7) is 2.32. The van der Waals surface area contributed by atoms with Crippen LogP contribution in [0, 0.1) is 6.92 Å². The van der Waals surface area contributed by atoms with Crippen molar-refractivity contribution in [1.29, 1.82) is 0 Å². The molecule has 1 amide bonds. The molecule has 0 radical (unpaired) electrons. The molecule has 138 valence electrons. The van der Waals surface area contributed by atoms with E-state index in [9.17, 15) is 9.59 Å². The molecule has 0 aliphatic heterocycles. The van der Waals surface area contributed by atoms with Crippen molar-refractivity contribution in [1.82, 2.24) is 9.78 Å². The molecule has 0 fully saturated rings. The molecule has 1 heterocycles. The summed E-state index contributed by atoms with van der Waals surface area (Å²) in [6, 6.07) is 18.1. The number of para-hydroxylation sites is 1. The minimum atomic E-state index is -0.188. The Hall–Kier alpha value is -2.92. The topological polar surface area (TPSA) is 64.0 Å². The van der Waals surface area contributed by atoms with Gasteiger partial charge in [0.25, 0.3) is 5.56 Å². The third kappa shape index (κ3) is 5.05. The van der Waals surface area contributed by atoms with Crippen LogP contribution in [0.25, 0.3) is 11.3 Å². The fraction of sp³-hybridized carbons (Fsp3) is 0.190. The maximum absolute atomic E-state index is 12.1. The summed E-state index contributed by atoms with van der Waals surface area (Å²) in [5.74, 6) is -0.0776. The number of hydrogen-bond acceptors (Lipinski definition) is 3. The van der Waals surface area contributed by atoms with Gasteiger partial charge in [0.15, 0.2) is 0 Å². The summed E-state index contributed by atoms with van der Waals surface area (Å²) in [5.41, 5.74) is 3.20. The van der Waals surface area contributed by atoms with E-state index in [1.165, 1.54) is 10.7 Å². The Kier molecular flexibility index (Phi) is 6.04. The van der Waals surface area contributed by atoms with Gasteiger partial charge in [0.05, 0.1) is 5.69 Å². The number of carbonyl (C=O) groups is 1. The van der Waals surface area contributed by atoms with E-state index in [-0.39, 0.29) is 11.5 Å². The number of aryl methyl sites for hydroxylation is 2. The largest absolute Gasteiger partial charge is 0.326 e. The summed E-state index contributed by atoms with van der Waals surface area (Å²) in [5, 5.41) is 7.94. The number of benzene rings is 2. The van der Waals surface area contributed by atoms with Gasteiger partial charge in [0, 0.05) is 35.3 Å². The first-order valence-electron chi connectivity index (χ1n) is 8.72. The molecule has 0 aliphatic carbocycles. The molecule has 0 saturated carbocycles. The Morgan fingerprint density at radius 2 is 1.81 bits per heavy atom. The highest BCUT2D eigenvalue weighted by atomic mass is 35.5. The first-order valence-corrected chi connectivity index (χ1v) is 9.10. The summed E-state index contributed by atoms with van der Waals surface area (Å²) in [4.78, 5) is 24.2. The lowest BCUT2D eigenvalue weighted by molar-refractivity contribution is -0.116. The van der Waals surface area contributed by atoms with Crippen LogP contribution in [0.2, 0.25) is 5.02 Å². The lowest BCUT2D eigenvalue weighted by atomic mass is 10.1. The van der Waals surface area contributed by atoms with Gasteiger partial charge in [-0.3, -0.25) is 9.59 Å². The van der Waals surface area contributed by atoms with Crippen LogP contribution in [0.15, 0.2) is 65.5 Å². The van der Waals surface area contributed by atoms with E-state index < -0.39 is 0 Å². The monoisotopic (exact) mass is 381 g/mol. The van der Waals surface area contributed by atoms with E-state index in [4.69, 9.17) is 11.6 Å². The van der Waals surface area contributed by atoms with Crippen LogP contribution in [0.5, 0.6) is 0 Å². The lowest BCUT2D eigenvalue weighted by Crippen LogP contribution is -2.23. The lowest BCUT2D eigenvalue weighted by Gasteiger charge is -2.09. The Morgan fingerprint density at radius 1 is 1.07 bits per heavy atom. The number of amides is 1. The molecule has 3 rings (SSSR count). The minimum absolute atomic E-state index is 0.0776. The second-order valence-electron chi connectivity index (χ2n) is 6.25. The second kappa shape index (κ2) is 8.64. The molecule has 3 aromatic rings. The van der Waals surface area contributed by atoms with Crippen molar-refractivity contribution in [3.8, 4) is 11.3 Å². The van der Waals surface area contributed by atoms with Crippen LogP contribution < -0.4 is 10.9 Å². The number of halogens is 1. The minimum Gasteiger partial charge on any atom is -0.326 e. The van der Waals surface area contributed by atoms with Crippen LogP contribution >= 0.6 is 11.6 Å². The molecule has 0 saturated heterocycles. The standard InChI is InChI=1S/C21H20ClN3O2/c1-15-5-2-3-6-18(15)23-20(26)7-4-14-25-21(27)13-12-19(24-25)16-8-10-17(22)11-9-16/h2-3,5-6,8-13H,4,7,14H2,1H3,(H,23,26). The fourth-order valence-corrected chi connectivity index (χ4v) is 2.82. The van der Waals surface area contributed by atoms with E-state index in [0.29, 0.717) is 30.1 Å². The second-order valence-corrected chi connectivity index (χ2v) is 6.69. The van der Waals surface area contributed by atoms with Crippen molar-refractivity contribution in [2.75, 3.05) is 5.32 Å². The average molecular weight is 382 g/mol. The van der Waals surface area contributed by atoms with Gasteiger partial charge in [-0.2, -0.15) is 5.10 Å². The SMILES string of the molecule is Cc1ccccc1NC(=O)CCCn1nc(-c2ccc(Cl)cc2)ccc1=O. The van der Waals surface area contributed by atoms with Gasteiger partial charge in [-0.15, -0.1) is 0 Å².